The Labute approximate surface area is 143 Å². The molecular weight excluding hydrogens is 300 g/mol. The van der Waals surface area contributed by atoms with Crippen LogP contribution >= 0.6 is 0 Å². The van der Waals surface area contributed by atoms with Gasteiger partial charge >= 0.3 is 0 Å². The second-order valence-electron chi connectivity index (χ2n) is 6.43. The summed E-state index contributed by atoms with van der Waals surface area (Å²) in [4.78, 5) is 14.4. The van der Waals surface area contributed by atoms with Crippen LogP contribution in [0.25, 0.3) is 0 Å². The zero-order valence-corrected chi connectivity index (χ0v) is 14.0. The van der Waals surface area contributed by atoms with Crippen molar-refractivity contribution in [3.05, 3.63) is 70.8 Å². The van der Waals surface area contributed by atoms with Crippen molar-refractivity contribution in [1.29, 1.82) is 0 Å². The van der Waals surface area contributed by atoms with Crippen LogP contribution in [0.2, 0.25) is 0 Å². The lowest BCUT2D eigenvalue weighted by Gasteiger charge is -2.30. The Morgan fingerprint density at radius 3 is 2.67 bits per heavy atom. The zero-order chi connectivity index (χ0) is 16.9. The molecule has 0 aromatic heterocycles. The number of amides is 1. The van der Waals surface area contributed by atoms with Crippen molar-refractivity contribution in [2.75, 3.05) is 19.6 Å². The van der Waals surface area contributed by atoms with Gasteiger partial charge in [-0.25, -0.2) is 0 Å². The molecule has 4 nitrogen and oxygen atoms in total. The van der Waals surface area contributed by atoms with Gasteiger partial charge in [-0.15, -0.1) is 0 Å². The molecule has 2 N–H and O–H groups in total. The summed E-state index contributed by atoms with van der Waals surface area (Å²) < 4.78 is 0. The van der Waals surface area contributed by atoms with E-state index in [1.165, 1.54) is 11.1 Å². The Hall–Kier alpha value is -2.17. The van der Waals surface area contributed by atoms with Crippen molar-refractivity contribution in [2.45, 2.75) is 26.0 Å². The predicted octanol–water partition coefficient (Wildman–Crippen LogP) is 2.14. The highest BCUT2D eigenvalue weighted by Crippen LogP contribution is 2.18. The summed E-state index contributed by atoms with van der Waals surface area (Å²) in [6.45, 7) is 4.56. The minimum absolute atomic E-state index is 0.129. The fourth-order valence-corrected chi connectivity index (χ4v) is 3.21. The maximum atomic E-state index is 12.2. The second-order valence-corrected chi connectivity index (χ2v) is 6.43. The Balaban J connectivity index is 1.49. The first kappa shape index (κ1) is 16.7. The van der Waals surface area contributed by atoms with E-state index in [9.17, 15) is 9.90 Å². The lowest BCUT2D eigenvalue weighted by Crippen LogP contribution is -2.42. The molecule has 3 rings (SSSR count). The molecular formula is C20H24N2O2. The molecule has 4 heteroatoms. The molecule has 1 atom stereocenters. The van der Waals surface area contributed by atoms with Crippen LogP contribution in [-0.4, -0.2) is 41.7 Å². The molecule has 24 heavy (non-hydrogen) atoms. The summed E-state index contributed by atoms with van der Waals surface area (Å²) in [5.74, 6) is -0.129. The number of rotatable bonds is 5. The maximum Gasteiger partial charge on any atom is 0.251 e. The molecule has 0 saturated heterocycles. The van der Waals surface area contributed by atoms with Crippen LogP contribution in [0.3, 0.4) is 0 Å². The number of carbonyl (C=O) groups is 1. The number of fused-ring (bicyclic) bond motifs is 1. The number of nitrogens with zero attached hydrogens (tertiary/aromatic N) is 1. The summed E-state index contributed by atoms with van der Waals surface area (Å²) in [5.41, 5.74) is 4.34. The van der Waals surface area contributed by atoms with Gasteiger partial charge in [0.1, 0.15) is 0 Å². The van der Waals surface area contributed by atoms with Gasteiger partial charge in [-0.3, -0.25) is 9.69 Å². The van der Waals surface area contributed by atoms with E-state index in [0.717, 1.165) is 25.1 Å². The maximum absolute atomic E-state index is 12.2. The molecule has 1 unspecified atom stereocenters. The first-order valence-electron chi connectivity index (χ1n) is 8.44. The number of hydrogen-bond acceptors (Lipinski definition) is 3. The smallest absolute Gasteiger partial charge is 0.251 e. The highest BCUT2D eigenvalue weighted by molar-refractivity contribution is 5.95. The van der Waals surface area contributed by atoms with Gasteiger partial charge in [0, 0.05) is 31.7 Å². The minimum Gasteiger partial charge on any atom is -0.390 e. The quantitative estimate of drug-likeness (QED) is 0.886. The topological polar surface area (TPSA) is 52.6 Å². The van der Waals surface area contributed by atoms with Crippen LogP contribution < -0.4 is 5.32 Å². The molecule has 1 aliphatic rings. The van der Waals surface area contributed by atoms with E-state index in [-0.39, 0.29) is 12.5 Å². The van der Waals surface area contributed by atoms with Crippen LogP contribution in [0.1, 0.15) is 27.0 Å². The van der Waals surface area contributed by atoms with Gasteiger partial charge < -0.3 is 10.4 Å². The number of hydrogen-bond donors (Lipinski definition) is 2. The summed E-state index contributed by atoms with van der Waals surface area (Å²) in [7, 11) is 0. The highest BCUT2D eigenvalue weighted by atomic mass is 16.3. The first-order valence-corrected chi connectivity index (χ1v) is 8.44. The highest BCUT2D eigenvalue weighted by Gasteiger charge is 2.19. The Morgan fingerprint density at radius 1 is 1.17 bits per heavy atom. The van der Waals surface area contributed by atoms with Crippen LogP contribution in [0.15, 0.2) is 48.5 Å². The Bertz CT molecular complexity index is 714. The van der Waals surface area contributed by atoms with Crippen LogP contribution in [0.5, 0.6) is 0 Å². The molecule has 0 aliphatic carbocycles. The largest absolute Gasteiger partial charge is 0.390 e. The molecule has 1 amide bonds. The number of aliphatic hydroxyl groups excluding tert-OH is 1. The average Bonchev–Trinajstić information content (AvgIpc) is 2.60. The lowest BCUT2D eigenvalue weighted by molar-refractivity contribution is 0.0841. The monoisotopic (exact) mass is 324 g/mol. The van der Waals surface area contributed by atoms with Crippen LogP contribution in [0.4, 0.5) is 0 Å². The third-order valence-corrected chi connectivity index (χ3v) is 4.57. The van der Waals surface area contributed by atoms with E-state index in [2.05, 4.69) is 34.5 Å². The van der Waals surface area contributed by atoms with Gasteiger partial charge in [0.15, 0.2) is 0 Å². The number of carbonyl (C=O) groups excluding carboxylic acids is 1. The van der Waals surface area contributed by atoms with Gasteiger partial charge in [-0.1, -0.05) is 42.5 Å². The van der Waals surface area contributed by atoms with Gasteiger partial charge in [0.05, 0.1) is 6.10 Å². The van der Waals surface area contributed by atoms with Gasteiger partial charge in [-0.2, -0.15) is 0 Å². The Morgan fingerprint density at radius 2 is 1.88 bits per heavy atom. The van der Waals surface area contributed by atoms with Crippen molar-refractivity contribution in [1.82, 2.24) is 10.2 Å². The molecule has 1 aliphatic heterocycles. The number of aryl methyl sites for hydroxylation is 1. The van der Waals surface area contributed by atoms with Crippen molar-refractivity contribution >= 4 is 5.91 Å². The molecule has 0 spiro atoms. The summed E-state index contributed by atoms with van der Waals surface area (Å²) in [5, 5.41) is 13.1. The van der Waals surface area contributed by atoms with Crippen LogP contribution in [0, 0.1) is 6.92 Å². The Kier molecular flexibility index (Phi) is 5.28. The third-order valence-electron chi connectivity index (χ3n) is 4.57. The fourth-order valence-electron chi connectivity index (χ4n) is 3.21. The van der Waals surface area contributed by atoms with Gasteiger partial charge in [0.2, 0.25) is 0 Å². The third kappa shape index (κ3) is 4.02. The van der Waals surface area contributed by atoms with Crippen molar-refractivity contribution in [3.63, 3.8) is 0 Å². The lowest BCUT2D eigenvalue weighted by atomic mass is 10.00. The van der Waals surface area contributed by atoms with Crippen molar-refractivity contribution in [3.8, 4) is 0 Å². The van der Waals surface area contributed by atoms with E-state index in [0.29, 0.717) is 12.1 Å². The normalized spacial score (nSPS) is 15.6. The number of nitrogens with one attached hydrogen (secondary N) is 1. The minimum atomic E-state index is -0.566. The summed E-state index contributed by atoms with van der Waals surface area (Å²) >= 11 is 0. The van der Waals surface area contributed by atoms with E-state index in [1.54, 1.807) is 6.07 Å². The number of benzene rings is 2. The molecule has 2 aromatic rings. The number of aliphatic hydroxyl groups is 1. The standard InChI is InChI=1S/C20H24N2O2/c1-15-6-2-5-9-19(15)20(24)21-12-18(23)14-22-11-10-16-7-3-4-8-17(16)13-22/h2-9,18,23H,10-14H2,1H3,(H,21,24). The van der Waals surface area contributed by atoms with E-state index < -0.39 is 6.10 Å². The van der Waals surface area contributed by atoms with E-state index in [4.69, 9.17) is 0 Å². The van der Waals surface area contributed by atoms with Gasteiger partial charge in [0.25, 0.3) is 5.91 Å². The van der Waals surface area contributed by atoms with Crippen LogP contribution in [-0.2, 0) is 13.0 Å². The predicted molar refractivity (Wildman–Crippen MR) is 94.9 cm³/mol. The molecule has 1 heterocycles. The molecule has 2 aromatic carbocycles. The average molecular weight is 324 g/mol. The molecule has 126 valence electrons. The molecule has 0 radical (unpaired) electrons. The summed E-state index contributed by atoms with van der Waals surface area (Å²) in [6, 6.07) is 15.9. The van der Waals surface area contributed by atoms with Crippen molar-refractivity contribution in [2.24, 2.45) is 0 Å². The van der Waals surface area contributed by atoms with E-state index in [1.807, 2.05) is 25.1 Å². The zero-order valence-electron chi connectivity index (χ0n) is 14.0. The molecule has 0 fully saturated rings. The fraction of sp³-hybridized carbons (Fsp3) is 0.350. The van der Waals surface area contributed by atoms with Gasteiger partial charge in [-0.05, 0) is 36.1 Å². The first-order chi connectivity index (χ1) is 11.6. The molecule has 0 bridgehead atoms. The number of β-amino-alcohol motifs (C(OH)–C–C–N with tert-alkyl or cyclic N) is 1. The summed E-state index contributed by atoms with van der Waals surface area (Å²) in [6.07, 6.45) is 0.446. The second kappa shape index (κ2) is 7.60. The van der Waals surface area contributed by atoms with Crippen molar-refractivity contribution < 1.29 is 9.90 Å². The molecule has 0 saturated carbocycles. The SMILES string of the molecule is Cc1ccccc1C(=O)NCC(O)CN1CCc2ccccc2C1. The van der Waals surface area contributed by atoms with E-state index >= 15 is 0 Å².